The Bertz CT molecular complexity index is 897. The van der Waals surface area contributed by atoms with Crippen LogP contribution in [0.5, 0.6) is 0 Å². The predicted octanol–water partition coefficient (Wildman–Crippen LogP) is 5.16. The summed E-state index contributed by atoms with van der Waals surface area (Å²) in [6, 6.07) is 9.50. The molecule has 0 radical (unpaired) electrons. The molecule has 2 fully saturated rings. The van der Waals surface area contributed by atoms with Crippen molar-refractivity contribution in [2.75, 3.05) is 13.1 Å². The SMILES string of the molecule is C[C@@H]1CCCC[C@H]1n1c(-c2ccc(C(C)(C)C)cc2)nn(C[NH+]2CCCCC2)c1=S. The molecule has 1 aromatic heterocycles. The second-order valence-electron chi connectivity index (χ2n) is 10.6. The normalized spacial score (nSPS) is 23.6. The number of benzene rings is 1. The van der Waals surface area contributed by atoms with Gasteiger partial charge in [0.2, 0.25) is 4.77 Å². The lowest BCUT2D eigenvalue weighted by molar-refractivity contribution is -0.928. The first kappa shape index (κ1) is 21.8. The minimum Gasteiger partial charge on any atom is -0.316 e. The van der Waals surface area contributed by atoms with Gasteiger partial charge in [0.05, 0.1) is 13.1 Å². The summed E-state index contributed by atoms with van der Waals surface area (Å²) < 4.78 is 5.46. The Balaban J connectivity index is 1.73. The third-order valence-corrected chi connectivity index (χ3v) is 7.62. The van der Waals surface area contributed by atoms with Crippen molar-refractivity contribution < 1.29 is 4.90 Å². The van der Waals surface area contributed by atoms with E-state index in [2.05, 4.69) is 61.2 Å². The first-order valence-electron chi connectivity index (χ1n) is 12.0. The van der Waals surface area contributed by atoms with Crippen LogP contribution in [0.4, 0.5) is 0 Å². The molecule has 30 heavy (non-hydrogen) atoms. The summed E-state index contributed by atoms with van der Waals surface area (Å²) in [4.78, 5) is 1.62. The number of hydrogen-bond donors (Lipinski definition) is 1. The lowest BCUT2D eigenvalue weighted by Crippen LogP contribution is -3.12. The molecule has 2 aromatic rings. The number of rotatable bonds is 4. The third-order valence-electron chi connectivity index (χ3n) is 7.21. The van der Waals surface area contributed by atoms with Crippen molar-refractivity contribution in [3.63, 3.8) is 0 Å². The molecule has 5 heteroatoms. The zero-order chi connectivity index (χ0) is 21.3. The quantitative estimate of drug-likeness (QED) is 0.683. The van der Waals surface area contributed by atoms with E-state index in [9.17, 15) is 0 Å². The van der Waals surface area contributed by atoms with Gasteiger partial charge in [0.25, 0.3) is 0 Å². The van der Waals surface area contributed by atoms with Gasteiger partial charge < -0.3 is 4.90 Å². The van der Waals surface area contributed by atoms with E-state index in [0.29, 0.717) is 12.0 Å². The van der Waals surface area contributed by atoms with Crippen molar-refractivity contribution in [2.45, 2.75) is 90.8 Å². The van der Waals surface area contributed by atoms with Gasteiger partial charge in [-0.15, -0.1) is 5.10 Å². The Hall–Kier alpha value is -1.46. The van der Waals surface area contributed by atoms with E-state index in [4.69, 9.17) is 17.3 Å². The topological polar surface area (TPSA) is 27.2 Å². The fraction of sp³-hybridized carbons (Fsp3) is 0.680. The van der Waals surface area contributed by atoms with Crippen LogP contribution in [0.3, 0.4) is 0 Å². The molecule has 2 atom stereocenters. The van der Waals surface area contributed by atoms with Gasteiger partial charge in [-0.05, 0) is 61.2 Å². The average Bonchev–Trinajstić information content (AvgIpc) is 3.05. The Morgan fingerprint density at radius 1 is 1.00 bits per heavy atom. The number of piperidine rings is 1. The molecule has 2 heterocycles. The lowest BCUT2D eigenvalue weighted by Gasteiger charge is -2.30. The predicted molar refractivity (Wildman–Crippen MR) is 126 cm³/mol. The van der Waals surface area contributed by atoms with Crippen molar-refractivity contribution in [2.24, 2.45) is 5.92 Å². The highest BCUT2D eigenvalue weighted by molar-refractivity contribution is 7.71. The van der Waals surface area contributed by atoms with Crippen LogP contribution >= 0.6 is 12.2 Å². The molecule has 164 valence electrons. The van der Waals surface area contributed by atoms with Crippen LogP contribution in [0, 0.1) is 10.7 Å². The van der Waals surface area contributed by atoms with Crippen LogP contribution in [-0.2, 0) is 12.1 Å². The molecule has 4 nitrogen and oxygen atoms in total. The van der Waals surface area contributed by atoms with E-state index in [1.165, 1.54) is 69.2 Å². The maximum absolute atomic E-state index is 6.05. The van der Waals surface area contributed by atoms with Gasteiger partial charge in [0, 0.05) is 11.6 Å². The van der Waals surface area contributed by atoms with Gasteiger partial charge in [0.1, 0.15) is 0 Å². The van der Waals surface area contributed by atoms with Gasteiger partial charge in [-0.3, -0.25) is 4.57 Å². The summed E-state index contributed by atoms with van der Waals surface area (Å²) >= 11 is 6.05. The monoisotopic (exact) mass is 427 g/mol. The third kappa shape index (κ3) is 4.57. The van der Waals surface area contributed by atoms with Gasteiger partial charge in [-0.2, -0.15) is 4.68 Å². The summed E-state index contributed by atoms with van der Waals surface area (Å²) in [7, 11) is 0. The van der Waals surface area contributed by atoms with E-state index in [1.54, 1.807) is 4.90 Å². The van der Waals surface area contributed by atoms with Crippen molar-refractivity contribution in [3.05, 3.63) is 34.6 Å². The lowest BCUT2D eigenvalue weighted by atomic mass is 9.85. The highest BCUT2D eigenvalue weighted by Gasteiger charge is 2.28. The van der Waals surface area contributed by atoms with Crippen LogP contribution in [0.2, 0.25) is 0 Å². The fourth-order valence-electron chi connectivity index (χ4n) is 5.24. The number of nitrogens with one attached hydrogen (secondary N) is 1. The summed E-state index contributed by atoms with van der Waals surface area (Å²) in [5, 5.41) is 5.13. The van der Waals surface area contributed by atoms with Crippen LogP contribution in [0.25, 0.3) is 11.4 Å². The molecule has 1 saturated heterocycles. The van der Waals surface area contributed by atoms with Gasteiger partial charge in [0.15, 0.2) is 12.5 Å². The second kappa shape index (κ2) is 8.96. The van der Waals surface area contributed by atoms with Gasteiger partial charge in [-0.25, -0.2) is 0 Å². The van der Waals surface area contributed by atoms with Crippen molar-refractivity contribution >= 4 is 12.2 Å². The van der Waals surface area contributed by atoms with Crippen LogP contribution in [-0.4, -0.2) is 27.4 Å². The van der Waals surface area contributed by atoms with Crippen molar-refractivity contribution in [3.8, 4) is 11.4 Å². The highest BCUT2D eigenvalue weighted by atomic mass is 32.1. The minimum absolute atomic E-state index is 0.159. The van der Waals surface area contributed by atoms with E-state index in [0.717, 1.165) is 17.3 Å². The van der Waals surface area contributed by atoms with E-state index in [-0.39, 0.29) is 5.41 Å². The molecular formula is C25H39N4S+. The molecule has 0 amide bonds. The smallest absolute Gasteiger partial charge is 0.203 e. The highest BCUT2D eigenvalue weighted by Crippen LogP contribution is 2.37. The number of likely N-dealkylation sites (tertiary alicyclic amines) is 1. The summed E-state index contributed by atoms with van der Waals surface area (Å²) in [6.07, 6.45) is 9.15. The molecule has 4 rings (SSSR count). The van der Waals surface area contributed by atoms with Crippen molar-refractivity contribution in [1.29, 1.82) is 0 Å². The molecule has 0 unspecified atom stereocenters. The zero-order valence-corrected chi connectivity index (χ0v) is 20.1. The molecule has 0 bridgehead atoms. The molecule has 1 aromatic carbocycles. The number of quaternary nitrogens is 1. The molecule has 1 saturated carbocycles. The van der Waals surface area contributed by atoms with E-state index in [1.807, 2.05) is 0 Å². The minimum atomic E-state index is 0.159. The zero-order valence-electron chi connectivity index (χ0n) is 19.3. The summed E-state index contributed by atoms with van der Waals surface area (Å²) in [5.74, 6) is 1.72. The Labute approximate surface area is 187 Å². The van der Waals surface area contributed by atoms with Crippen LogP contribution < -0.4 is 4.90 Å². The number of hydrogen-bond acceptors (Lipinski definition) is 2. The maximum atomic E-state index is 6.05. The molecule has 2 aliphatic rings. The largest absolute Gasteiger partial charge is 0.316 e. The Morgan fingerprint density at radius 2 is 1.67 bits per heavy atom. The molecule has 1 aliphatic heterocycles. The number of nitrogens with zero attached hydrogens (tertiary/aromatic N) is 3. The first-order valence-corrected chi connectivity index (χ1v) is 12.4. The van der Waals surface area contributed by atoms with E-state index >= 15 is 0 Å². The summed E-state index contributed by atoms with van der Waals surface area (Å²) in [6.45, 7) is 12.6. The Kier molecular flexibility index (Phi) is 6.50. The van der Waals surface area contributed by atoms with Crippen molar-refractivity contribution in [1.82, 2.24) is 14.3 Å². The van der Waals surface area contributed by atoms with Crippen LogP contribution in [0.15, 0.2) is 24.3 Å². The standard InChI is InChI=1S/C25H38N4S/c1-19-10-6-7-11-22(19)29-23(20-12-14-21(15-13-20)25(2,3)4)26-28(24(29)30)18-27-16-8-5-9-17-27/h12-15,19,22H,5-11,16-18H2,1-4H3/p+1/t19-,22-/m1/s1. The molecule has 1 N–H and O–H groups in total. The Morgan fingerprint density at radius 3 is 2.30 bits per heavy atom. The first-order chi connectivity index (χ1) is 14.3. The van der Waals surface area contributed by atoms with Gasteiger partial charge >= 0.3 is 0 Å². The molecule has 0 spiro atoms. The average molecular weight is 428 g/mol. The fourth-order valence-corrected chi connectivity index (χ4v) is 5.57. The number of aromatic nitrogens is 3. The molecule has 1 aliphatic carbocycles. The van der Waals surface area contributed by atoms with E-state index < -0.39 is 0 Å². The molecular weight excluding hydrogens is 388 g/mol. The van der Waals surface area contributed by atoms with Crippen LogP contribution in [0.1, 0.15) is 84.2 Å². The second-order valence-corrected chi connectivity index (χ2v) is 11.0. The maximum Gasteiger partial charge on any atom is 0.203 e. The summed E-state index contributed by atoms with van der Waals surface area (Å²) in [5.41, 5.74) is 2.71. The van der Waals surface area contributed by atoms with Gasteiger partial charge in [-0.1, -0.05) is 64.8 Å².